The monoisotopic (exact) mass is 340 g/mol. The molecule has 1 aliphatic carbocycles. The fourth-order valence-electron chi connectivity index (χ4n) is 3.29. The maximum Gasteiger partial charge on any atom is 0.287 e. The van der Waals surface area contributed by atoms with Gasteiger partial charge in [-0.3, -0.25) is 9.59 Å². The fraction of sp³-hybridized carbons (Fsp3) is 0.400. The molecule has 0 bridgehead atoms. The summed E-state index contributed by atoms with van der Waals surface area (Å²) < 4.78 is 5.00. The first-order chi connectivity index (χ1) is 12.2. The Hall–Kier alpha value is -2.56. The van der Waals surface area contributed by atoms with Crippen molar-refractivity contribution < 1.29 is 14.0 Å². The van der Waals surface area contributed by atoms with Crippen LogP contribution in [0.2, 0.25) is 0 Å². The average molecular weight is 340 g/mol. The molecule has 1 aliphatic rings. The van der Waals surface area contributed by atoms with E-state index in [9.17, 15) is 9.59 Å². The third-order valence-corrected chi connectivity index (χ3v) is 4.69. The van der Waals surface area contributed by atoms with E-state index in [1.165, 1.54) is 43.9 Å². The number of amides is 2. The van der Waals surface area contributed by atoms with E-state index in [1.807, 2.05) is 12.1 Å². The maximum atomic E-state index is 12.2. The molecule has 1 saturated carbocycles. The van der Waals surface area contributed by atoms with Crippen LogP contribution in [0.15, 0.2) is 47.1 Å². The van der Waals surface area contributed by atoms with E-state index in [1.54, 1.807) is 12.1 Å². The van der Waals surface area contributed by atoms with Crippen LogP contribution in [-0.2, 0) is 0 Å². The van der Waals surface area contributed by atoms with Crippen molar-refractivity contribution in [3.05, 3.63) is 59.5 Å². The summed E-state index contributed by atoms with van der Waals surface area (Å²) in [5, 5.41) is 5.51. The van der Waals surface area contributed by atoms with E-state index in [-0.39, 0.29) is 17.6 Å². The van der Waals surface area contributed by atoms with Gasteiger partial charge in [0.15, 0.2) is 5.76 Å². The zero-order valence-electron chi connectivity index (χ0n) is 14.3. The Bertz CT molecular complexity index is 686. The van der Waals surface area contributed by atoms with Crippen molar-refractivity contribution in [3.8, 4) is 0 Å². The Morgan fingerprint density at radius 3 is 2.24 bits per heavy atom. The number of nitrogens with one attached hydrogen (secondary N) is 2. The smallest absolute Gasteiger partial charge is 0.287 e. The van der Waals surface area contributed by atoms with Gasteiger partial charge in [-0.15, -0.1) is 0 Å². The minimum absolute atomic E-state index is 0.123. The minimum atomic E-state index is -0.281. The van der Waals surface area contributed by atoms with Crippen LogP contribution in [0.1, 0.15) is 64.5 Å². The van der Waals surface area contributed by atoms with Crippen LogP contribution < -0.4 is 10.6 Å². The molecule has 132 valence electrons. The molecule has 0 unspecified atom stereocenters. The molecule has 0 saturated heterocycles. The van der Waals surface area contributed by atoms with Crippen molar-refractivity contribution in [2.75, 3.05) is 13.1 Å². The molecule has 1 fully saturated rings. The number of rotatable bonds is 6. The highest BCUT2D eigenvalue weighted by atomic mass is 16.3. The molecule has 2 amide bonds. The van der Waals surface area contributed by atoms with Gasteiger partial charge in [0.25, 0.3) is 11.8 Å². The Morgan fingerprint density at radius 1 is 0.920 bits per heavy atom. The number of furan rings is 1. The number of carbonyl (C=O) groups excluding carboxylic acids is 2. The molecule has 0 radical (unpaired) electrons. The molecule has 3 rings (SSSR count). The van der Waals surface area contributed by atoms with Crippen molar-refractivity contribution in [2.24, 2.45) is 0 Å². The standard InChI is InChI=1S/C20H24N2O3/c23-19(21-12-13-22-20(24)18-7-4-14-25-18)17-10-8-16(9-11-17)15-5-2-1-3-6-15/h4,7-11,14-15H,1-3,5-6,12-13H2,(H,21,23)(H,22,24). The number of carbonyl (C=O) groups is 2. The molecule has 5 heteroatoms. The summed E-state index contributed by atoms with van der Waals surface area (Å²) >= 11 is 0. The number of hydrogen-bond donors (Lipinski definition) is 2. The van der Waals surface area contributed by atoms with Crippen LogP contribution >= 0.6 is 0 Å². The van der Waals surface area contributed by atoms with E-state index in [0.717, 1.165) is 0 Å². The minimum Gasteiger partial charge on any atom is -0.459 e. The van der Waals surface area contributed by atoms with Gasteiger partial charge in [-0.05, 0) is 48.6 Å². The second-order valence-corrected chi connectivity index (χ2v) is 6.45. The second kappa shape index (κ2) is 8.51. The molecule has 2 N–H and O–H groups in total. The molecule has 1 heterocycles. The van der Waals surface area contributed by atoms with Crippen LogP contribution in [-0.4, -0.2) is 24.9 Å². The van der Waals surface area contributed by atoms with Crippen molar-refractivity contribution in [1.29, 1.82) is 0 Å². The summed E-state index contributed by atoms with van der Waals surface area (Å²) in [4.78, 5) is 23.9. The molecule has 25 heavy (non-hydrogen) atoms. The lowest BCUT2D eigenvalue weighted by atomic mass is 9.84. The Morgan fingerprint density at radius 2 is 1.60 bits per heavy atom. The highest BCUT2D eigenvalue weighted by Gasteiger charge is 2.16. The summed E-state index contributed by atoms with van der Waals surface area (Å²) in [5.41, 5.74) is 1.99. The lowest BCUT2D eigenvalue weighted by Gasteiger charge is -2.22. The molecule has 1 aromatic heterocycles. The van der Waals surface area contributed by atoms with E-state index >= 15 is 0 Å². The van der Waals surface area contributed by atoms with E-state index in [0.29, 0.717) is 24.6 Å². The predicted octanol–water partition coefficient (Wildman–Crippen LogP) is 3.49. The van der Waals surface area contributed by atoms with Crippen molar-refractivity contribution >= 4 is 11.8 Å². The highest BCUT2D eigenvalue weighted by Crippen LogP contribution is 2.32. The van der Waals surface area contributed by atoms with Gasteiger partial charge in [-0.25, -0.2) is 0 Å². The van der Waals surface area contributed by atoms with Gasteiger partial charge < -0.3 is 15.1 Å². The quantitative estimate of drug-likeness (QED) is 0.791. The predicted molar refractivity (Wildman–Crippen MR) is 95.6 cm³/mol. The molecule has 2 aromatic rings. The third kappa shape index (κ3) is 4.72. The normalized spacial score (nSPS) is 14.9. The zero-order valence-corrected chi connectivity index (χ0v) is 14.3. The number of benzene rings is 1. The van der Waals surface area contributed by atoms with Crippen molar-refractivity contribution in [3.63, 3.8) is 0 Å². The van der Waals surface area contributed by atoms with Gasteiger partial charge in [0.2, 0.25) is 0 Å². The van der Waals surface area contributed by atoms with Crippen LogP contribution in [0.3, 0.4) is 0 Å². The SMILES string of the molecule is O=C(NCCNC(=O)c1ccco1)c1ccc(C2CCCCC2)cc1. The first-order valence-corrected chi connectivity index (χ1v) is 8.94. The van der Waals surface area contributed by atoms with Crippen LogP contribution in [0.4, 0.5) is 0 Å². The molecule has 0 spiro atoms. The second-order valence-electron chi connectivity index (χ2n) is 6.45. The number of hydrogen-bond acceptors (Lipinski definition) is 3. The van der Waals surface area contributed by atoms with Gasteiger partial charge in [-0.2, -0.15) is 0 Å². The average Bonchev–Trinajstić information content (AvgIpc) is 3.21. The summed E-state index contributed by atoms with van der Waals surface area (Å²) in [6, 6.07) is 11.2. The summed E-state index contributed by atoms with van der Waals surface area (Å²) in [7, 11) is 0. The molecule has 0 atom stereocenters. The van der Waals surface area contributed by atoms with Gasteiger partial charge in [0, 0.05) is 18.7 Å². The van der Waals surface area contributed by atoms with Gasteiger partial charge in [0.05, 0.1) is 6.26 Å². The van der Waals surface area contributed by atoms with Crippen molar-refractivity contribution in [1.82, 2.24) is 10.6 Å². The molecular formula is C20H24N2O3. The lowest BCUT2D eigenvalue weighted by molar-refractivity contribution is 0.0910. The molecule has 0 aliphatic heterocycles. The summed E-state index contributed by atoms with van der Waals surface area (Å²) in [5.74, 6) is 0.505. The van der Waals surface area contributed by atoms with Gasteiger partial charge in [-0.1, -0.05) is 31.4 Å². The largest absolute Gasteiger partial charge is 0.459 e. The van der Waals surface area contributed by atoms with Gasteiger partial charge in [0.1, 0.15) is 0 Å². The Balaban J connectivity index is 1.42. The lowest BCUT2D eigenvalue weighted by Crippen LogP contribution is -2.34. The summed E-state index contributed by atoms with van der Waals surface area (Å²) in [6.45, 7) is 0.723. The highest BCUT2D eigenvalue weighted by molar-refractivity contribution is 5.94. The van der Waals surface area contributed by atoms with Crippen LogP contribution in [0.5, 0.6) is 0 Å². The first kappa shape index (κ1) is 17.3. The molecule has 5 nitrogen and oxygen atoms in total. The zero-order chi connectivity index (χ0) is 17.5. The van der Waals surface area contributed by atoms with Gasteiger partial charge >= 0.3 is 0 Å². The van der Waals surface area contributed by atoms with E-state index in [2.05, 4.69) is 22.8 Å². The van der Waals surface area contributed by atoms with Crippen molar-refractivity contribution in [2.45, 2.75) is 38.0 Å². The maximum absolute atomic E-state index is 12.2. The van der Waals surface area contributed by atoms with Crippen LogP contribution in [0.25, 0.3) is 0 Å². The third-order valence-electron chi connectivity index (χ3n) is 4.69. The fourth-order valence-corrected chi connectivity index (χ4v) is 3.29. The Kier molecular flexibility index (Phi) is 5.88. The van der Waals surface area contributed by atoms with E-state index in [4.69, 9.17) is 4.42 Å². The molecular weight excluding hydrogens is 316 g/mol. The van der Waals surface area contributed by atoms with Crippen LogP contribution in [0, 0.1) is 0 Å². The van der Waals surface area contributed by atoms with E-state index < -0.39 is 0 Å². The summed E-state index contributed by atoms with van der Waals surface area (Å²) in [6.07, 6.45) is 7.90. The first-order valence-electron chi connectivity index (χ1n) is 8.94. The topological polar surface area (TPSA) is 71.3 Å². The Labute approximate surface area is 147 Å². The molecule has 1 aromatic carbocycles.